The number of hydrogen-bond acceptors (Lipinski definition) is 5. The van der Waals surface area contributed by atoms with Crippen LogP contribution in [0.25, 0.3) is 0 Å². The number of hydrogen-bond donors (Lipinski definition) is 1. The molecule has 5 heteroatoms. The van der Waals surface area contributed by atoms with Gasteiger partial charge in [0.25, 0.3) is 0 Å². The van der Waals surface area contributed by atoms with Crippen molar-refractivity contribution in [3.63, 3.8) is 0 Å². The van der Waals surface area contributed by atoms with Crippen LogP contribution < -0.4 is 5.32 Å². The number of thioether (sulfide) groups is 1. The molecule has 0 unspecified atom stereocenters. The Balaban J connectivity index is 2.59. The first-order valence-electron chi connectivity index (χ1n) is 5.98. The molecule has 0 spiro atoms. The minimum Gasteiger partial charge on any atom is -0.370 e. The van der Waals surface area contributed by atoms with Gasteiger partial charge in [-0.25, -0.2) is 9.97 Å². The zero-order chi connectivity index (χ0) is 12.7. The molecule has 96 valence electrons. The lowest BCUT2D eigenvalue weighted by Gasteiger charge is -2.12. The Morgan fingerprint density at radius 1 is 1.35 bits per heavy atom. The van der Waals surface area contributed by atoms with Gasteiger partial charge in [0.1, 0.15) is 17.2 Å². The first-order chi connectivity index (χ1) is 8.15. The van der Waals surface area contributed by atoms with Crippen LogP contribution in [0.1, 0.15) is 18.9 Å². The monoisotopic (exact) mass is 254 g/mol. The Hall–Kier alpha value is -0.810. The van der Waals surface area contributed by atoms with Gasteiger partial charge in [-0.05, 0) is 27.4 Å². The SMILES string of the molecule is CCCNc1ncnc(SCCN(C)C)c1C. The average molecular weight is 254 g/mol. The van der Waals surface area contributed by atoms with Gasteiger partial charge in [-0.15, -0.1) is 11.8 Å². The van der Waals surface area contributed by atoms with Crippen LogP contribution in [0.4, 0.5) is 5.82 Å². The molecule has 0 aromatic carbocycles. The average Bonchev–Trinajstić information content (AvgIpc) is 2.29. The highest BCUT2D eigenvalue weighted by molar-refractivity contribution is 7.99. The molecule has 0 aliphatic rings. The molecular formula is C12H22N4S. The summed E-state index contributed by atoms with van der Waals surface area (Å²) in [7, 11) is 4.17. The molecule has 0 amide bonds. The highest BCUT2D eigenvalue weighted by atomic mass is 32.2. The molecule has 0 aliphatic heterocycles. The van der Waals surface area contributed by atoms with E-state index in [1.54, 1.807) is 18.1 Å². The molecule has 1 heterocycles. The predicted octanol–water partition coefficient (Wildman–Crippen LogP) is 2.26. The first-order valence-corrected chi connectivity index (χ1v) is 6.96. The summed E-state index contributed by atoms with van der Waals surface area (Å²) in [4.78, 5) is 10.8. The summed E-state index contributed by atoms with van der Waals surface area (Å²) < 4.78 is 0. The summed E-state index contributed by atoms with van der Waals surface area (Å²) in [5, 5.41) is 4.41. The van der Waals surface area contributed by atoms with E-state index in [0.717, 1.165) is 41.7 Å². The minimum absolute atomic E-state index is 0.958. The number of nitrogens with zero attached hydrogens (tertiary/aromatic N) is 3. The summed E-state index contributed by atoms with van der Waals surface area (Å²) in [6.45, 7) is 6.25. The van der Waals surface area contributed by atoms with Crippen LogP contribution in [0, 0.1) is 6.92 Å². The van der Waals surface area contributed by atoms with E-state index in [0.29, 0.717) is 0 Å². The summed E-state index contributed by atoms with van der Waals surface area (Å²) in [6.07, 6.45) is 2.75. The maximum absolute atomic E-state index is 4.34. The number of aromatic nitrogens is 2. The van der Waals surface area contributed by atoms with Gasteiger partial charge < -0.3 is 10.2 Å². The summed E-state index contributed by atoms with van der Waals surface area (Å²) in [5.41, 5.74) is 1.16. The molecule has 0 saturated heterocycles. The second kappa shape index (κ2) is 7.50. The maximum atomic E-state index is 4.34. The quantitative estimate of drug-likeness (QED) is 0.597. The van der Waals surface area contributed by atoms with E-state index < -0.39 is 0 Å². The van der Waals surface area contributed by atoms with E-state index in [4.69, 9.17) is 0 Å². The number of rotatable bonds is 7. The molecule has 17 heavy (non-hydrogen) atoms. The number of nitrogens with one attached hydrogen (secondary N) is 1. The standard InChI is InChI=1S/C12H22N4S/c1-5-6-13-11-10(2)12(15-9-14-11)17-8-7-16(3)4/h9H,5-8H2,1-4H3,(H,13,14,15). The van der Waals surface area contributed by atoms with Gasteiger partial charge in [0.2, 0.25) is 0 Å². The van der Waals surface area contributed by atoms with Gasteiger partial charge in [0.05, 0.1) is 0 Å². The Morgan fingerprint density at radius 2 is 2.12 bits per heavy atom. The molecule has 0 saturated carbocycles. The molecule has 1 aromatic heterocycles. The van der Waals surface area contributed by atoms with Crippen molar-refractivity contribution in [1.82, 2.24) is 14.9 Å². The lowest BCUT2D eigenvalue weighted by molar-refractivity contribution is 0.437. The zero-order valence-electron chi connectivity index (χ0n) is 11.2. The summed E-state index contributed by atoms with van der Waals surface area (Å²) in [6, 6.07) is 0. The van der Waals surface area contributed by atoms with Crippen molar-refractivity contribution >= 4 is 17.6 Å². The molecule has 0 atom stereocenters. The van der Waals surface area contributed by atoms with Crippen molar-refractivity contribution in [2.24, 2.45) is 0 Å². The van der Waals surface area contributed by atoms with Crippen molar-refractivity contribution in [2.45, 2.75) is 25.3 Å². The van der Waals surface area contributed by atoms with Crippen LogP contribution in [-0.2, 0) is 0 Å². The summed E-state index contributed by atoms with van der Waals surface area (Å²) >= 11 is 1.79. The van der Waals surface area contributed by atoms with Gasteiger partial charge in [0.15, 0.2) is 0 Å². The molecule has 0 fully saturated rings. The maximum Gasteiger partial charge on any atom is 0.133 e. The Kier molecular flexibility index (Phi) is 6.29. The second-order valence-corrected chi connectivity index (χ2v) is 5.31. The van der Waals surface area contributed by atoms with Gasteiger partial charge in [-0.1, -0.05) is 6.92 Å². The normalized spacial score (nSPS) is 10.9. The van der Waals surface area contributed by atoms with Gasteiger partial charge >= 0.3 is 0 Å². The van der Waals surface area contributed by atoms with Crippen LogP contribution in [-0.4, -0.2) is 47.8 Å². The smallest absolute Gasteiger partial charge is 0.133 e. The fourth-order valence-electron chi connectivity index (χ4n) is 1.33. The Labute approximate surface area is 108 Å². The third kappa shape index (κ3) is 4.91. The van der Waals surface area contributed by atoms with Crippen LogP contribution >= 0.6 is 11.8 Å². The van der Waals surface area contributed by atoms with E-state index in [2.05, 4.69) is 48.1 Å². The topological polar surface area (TPSA) is 41.1 Å². The molecule has 0 bridgehead atoms. The van der Waals surface area contributed by atoms with E-state index in [9.17, 15) is 0 Å². The third-order valence-electron chi connectivity index (χ3n) is 2.36. The second-order valence-electron chi connectivity index (χ2n) is 4.23. The van der Waals surface area contributed by atoms with E-state index >= 15 is 0 Å². The van der Waals surface area contributed by atoms with Crippen molar-refractivity contribution < 1.29 is 0 Å². The zero-order valence-corrected chi connectivity index (χ0v) is 12.0. The largest absolute Gasteiger partial charge is 0.370 e. The van der Waals surface area contributed by atoms with Gasteiger partial charge in [-0.3, -0.25) is 0 Å². The summed E-state index contributed by atoms with van der Waals surface area (Å²) in [5.74, 6) is 2.02. The van der Waals surface area contributed by atoms with Crippen molar-refractivity contribution in [3.8, 4) is 0 Å². The minimum atomic E-state index is 0.958. The van der Waals surface area contributed by atoms with Crippen LogP contribution in [0.2, 0.25) is 0 Å². The molecule has 1 N–H and O–H groups in total. The molecule has 1 rings (SSSR count). The highest BCUT2D eigenvalue weighted by Gasteiger charge is 2.06. The number of anilines is 1. The van der Waals surface area contributed by atoms with E-state index in [1.807, 2.05) is 0 Å². The van der Waals surface area contributed by atoms with Gasteiger partial charge in [-0.2, -0.15) is 0 Å². The van der Waals surface area contributed by atoms with E-state index in [1.165, 1.54) is 0 Å². The Morgan fingerprint density at radius 3 is 2.76 bits per heavy atom. The van der Waals surface area contributed by atoms with Crippen molar-refractivity contribution in [3.05, 3.63) is 11.9 Å². The fourth-order valence-corrected chi connectivity index (χ4v) is 2.41. The molecule has 4 nitrogen and oxygen atoms in total. The predicted molar refractivity (Wildman–Crippen MR) is 74.8 cm³/mol. The molecule has 0 radical (unpaired) electrons. The van der Waals surface area contributed by atoms with E-state index in [-0.39, 0.29) is 0 Å². The van der Waals surface area contributed by atoms with Crippen LogP contribution in [0.5, 0.6) is 0 Å². The van der Waals surface area contributed by atoms with Crippen LogP contribution in [0.15, 0.2) is 11.4 Å². The van der Waals surface area contributed by atoms with Crippen LogP contribution in [0.3, 0.4) is 0 Å². The van der Waals surface area contributed by atoms with Gasteiger partial charge in [0, 0.05) is 24.4 Å². The third-order valence-corrected chi connectivity index (χ3v) is 3.43. The lowest BCUT2D eigenvalue weighted by Crippen LogP contribution is -2.15. The molecular weight excluding hydrogens is 232 g/mol. The highest BCUT2D eigenvalue weighted by Crippen LogP contribution is 2.23. The Bertz CT molecular complexity index is 341. The fraction of sp³-hybridized carbons (Fsp3) is 0.667. The van der Waals surface area contributed by atoms with Crippen molar-refractivity contribution in [1.29, 1.82) is 0 Å². The first kappa shape index (κ1) is 14.3. The molecule has 0 aliphatic carbocycles. The lowest BCUT2D eigenvalue weighted by atomic mass is 10.3. The molecule has 1 aromatic rings. The van der Waals surface area contributed by atoms with Crippen molar-refractivity contribution in [2.75, 3.05) is 38.3 Å².